The van der Waals surface area contributed by atoms with E-state index in [4.69, 9.17) is 16.6 Å². The third kappa shape index (κ3) is 1.47. The Kier molecular flexibility index (Phi) is 2.10. The normalized spacial score (nSPS) is 12.8. The van der Waals surface area contributed by atoms with Gasteiger partial charge in [0.2, 0.25) is 0 Å². The van der Waals surface area contributed by atoms with E-state index in [-0.39, 0.29) is 0 Å². The molecule has 3 aromatic rings. The van der Waals surface area contributed by atoms with E-state index in [1.54, 1.807) is 0 Å². The summed E-state index contributed by atoms with van der Waals surface area (Å²) in [6.07, 6.45) is 0.880. The van der Waals surface area contributed by atoms with Crippen molar-refractivity contribution < 1.29 is 0 Å². The van der Waals surface area contributed by atoms with Crippen LogP contribution in [0.2, 0.25) is 5.02 Å². The Balaban J connectivity index is 2.10. The summed E-state index contributed by atoms with van der Waals surface area (Å²) in [6.45, 7) is 4.25. The quantitative estimate of drug-likeness (QED) is 0.468. The summed E-state index contributed by atoms with van der Waals surface area (Å²) >= 11 is 6.08. The second kappa shape index (κ2) is 3.61. The number of hydrogen-bond donors (Lipinski definition) is 0. The first-order valence-corrected chi connectivity index (χ1v) is 6.78. The van der Waals surface area contributed by atoms with Gasteiger partial charge in [-0.05, 0) is 49.2 Å². The molecule has 3 heteroatoms. The number of aryl methyl sites for hydroxylation is 2. The molecular formula is C16H13ClN2. The molecule has 0 fully saturated rings. The Hall–Kier alpha value is -1.80. The summed E-state index contributed by atoms with van der Waals surface area (Å²) < 4.78 is 2.25. The van der Waals surface area contributed by atoms with Crippen molar-refractivity contribution in [2.45, 2.75) is 20.3 Å². The highest BCUT2D eigenvalue weighted by atomic mass is 35.5. The molecule has 4 rings (SSSR count). The first-order chi connectivity index (χ1) is 9.13. The molecule has 2 heterocycles. The standard InChI is InChI=1S/C16H13ClN2/c1-9-5-10(2)19-15(6-9)18-14-8-11-7-12(17)3-4-13(11)16(14)19/h3-7H,8H2,1-2H3. The van der Waals surface area contributed by atoms with Crippen LogP contribution in [0.4, 0.5) is 0 Å². The second-order valence-corrected chi connectivity index (χ2v) is 5.69. The van der Waals surface area contributed by atoms with Gasteiger partial charge in [0, 0.05) is 22.7 Å². The van der Waals surface area contributed by atoms with Crippen LogP contribution in [0.3, 0.4) is 0 Å². The molecule has 0 saturated heterocycles. The minimum absolute atomic E-state index is 0.797. The number of halogens is 1. The van der Waals surface area contributed by atoms with Gasteiger partial charge in [-0.2, -0.15) is 0 Å². The first kappa shape index (κ1) is 11.1. The van der Waals surface area contributed by atoms with Crippen molar-refractivity contribution in [2.75, 3.05) is 0 Å². The van der Waals surface area contributed by atoms with Crippen molar-refractivity contribution in [3.05, 3.63) is 57.9 Å². The smallest absolute Gasteiger partial charge is 0.138 e. The summed E-state index contributed by atoms with van der Waals surface area (Å²) in [6, 6.07) is 10.5. The SMILES string of the molecule is Cc1cc(C)n2c3c(nc2c1)Cc1cc(Cl)ccc1-3. The highest BCUT2D eigenvalue weighted by molar-refractivity contribution is 6.30. The van der Waals surface area contributed by atoms with Gasteiger partial charge in [-0.15, -0.1) is 0 Å². The molecule has 0 atom stereocenters. The fourth-order valence-electron chi connectivity index (χ4n) is 3.10. The fraction of sp³-hybridized carbons (Fsp3) is 0.188. The molecule has 0 bridgehead atoms. The molecule has 2 nitrogen and oxygen atoms in total. The fourth-order valence-corrected chi connectivity index (χ4v) is 3.29. The Morgan fingerprint density at radius 2 is 2.00 bits per heavy atom. The third-order valence-electron chi connectivity index (χ3n) is 3.80. The van der Waals surface area contributed by atoms with Crippen molar-refractivity contribution in [2.24, 2.45) is 0 Å². The van der Waals surface area contributed by atoms with Crippen LogP contribution >= 0.6 is 11.6 Å². The predicted octanol–water partition coefficient (Wildman–Crippen LogP) is 4.18. The third-order valence-corrected chi connectivity index (χ3v) is 4.04. The molecule has 0 spiro atoms. The maximum atomic E-state index is 6.08. The van der Waals surface area contributed by atoms with Crippen LogP contribution in [0.25, 0.3) is 16.9 Å². The predicted molar refractivity (Wildman–Crippen MR) is 77.9 cm³/mol. The Morgan fingerprint density at radius 3 is 2.84 bits per heavy atom. The van der Waals surface area contributed by atoms with Crippen LogP contribution in [0.15, 0.2) is 30.3 Å². The number of nitrogens with zero attached hydrogens (tertiary/aromatic N) is 2. The number of aromatic nitrogens is 2. The van der Waals surface area contributed by atoms with Gasteiger partial charge in [0.25, 0.3) is 0 Å². The summed E-state index contributed by atoms with van der Waals surface area (Å²) in [5.74, 6) is 0. The minimum atomic E-state index is 0.797. The minimum Gasteiger partial charge on any atom is -0.297 e. The summed E-state index contributed by atoms with van der Waals surface area (Å²) in [5.41, 5.74) is 8.46. The zero-order valence-electron chi connectivity index (χ0n) is 10.9. The van der Waals surface area contributed by atoms with Crippen molar-refractivity contribution in [1.82, 2.24) is 9.38 Å². The summed E-state index contributed by atoms with van der Waals surface area (Å²) in [4.78, 5) is 4.78. The highest BCUT2D eigenvalue weighted by Gasteiger charge is 2.24. The van der Waals surface area contributed by atoms with Gasteiger partial charge in [-0.25, -0.2) is 4.98 Å². The van der Waals surface area contributed by atoms with Crippen molar-refractivity contribution >= 4 is 17.2 Å². The molecule has 1 aromatic carbocycles. The Bertz CT molecular complexity index is 830. The van der Waals surface area contributed by atoms with Crippen LogP contribution in [0.5, 0.6) is 0 Å². The molecule has 1 aliphatic rings. The van der Waals surface area contributed by atoms with Crippen LogP contribution in [0, 0.1) is 13.8 Å². The number of fused-ring (bicyclic) bond motifs is 5. The molecule has 2 aromatic heterocycles. The van der Waals surface area contributed by atoms with Gasteiger partial charge in [-0.3, -0.25) is 4.40 Å². The summed E-state index contributed by atoms with van der Waals surface area (Å²) in [5, 5.41) is 0.797. The van der Waals surface area contributed by atoms with E-state index in [9.17, 15) is 0 Å². The van der Waals surface area contributed by atoms with Gasteiger partial charge in [0.05, 0.1) is 11.4 Å². The number of pyridine rings is 1. The summed E-state index contributed by atoms with van der Waals surface area (Å²) in [7, 11) is 0. The molecule has 0 aliphatic heterocycles. The van der Waals surface area contributed by atoms with E-state index in [1.807, 2.05) is 6.07 Å². The van der Waals surface area contributed by atoms with Gasteiger partial charge in [0.15, 0.2) is 0 Å². The molecule has 0 saturated carbocycles. The molecule has 94 valence electrons. The maximum absolute atomic E-state index is 6.08. The highest BCUT2D eigenvalue weighted by Crippen LogP contribution is 2.38. The van der Waals surface area contributed by atoms with Crippen molar-refractivity contribution in [1.29, 1.82) is 0 Å². The average Bonchev–Trinajstić information content (AvgIpc) is 2.82. The number of imidazole rings is 1. The molecule has 0 N–H and O–H groups in total. The Labute approximate surface area is 116 Å². The largest absolute Gasteiger partial charge is 0.297 e. The zero-order chi connectivity index (χ0) is 13.1. The molecule has 0 radical (unpaired) electrons. The molecule has 0 amide bonds. The lowest BCUT2D eigenvalue weighted by atomic mass is 10.1. The number of benzene rings is 1. The Morgan fingerprint density at radius 1 is 1.16 bits per heavy atom. The lowest BCUT2D eigenvalue weighted by Crippen LogP contribution is -1.94. The van der Waals surface area contributed by atoms with Gasteiger partial charge in [0.1, 0.15) is 5.65 Å². The van der Waals surface area contributed by atoms with E-state index < -0.39 is 0 Å². The second-order valence-electron chi connectivity index (χ2n) is 5.25. The number of rotatable bonds is 0. The van der Waals surface area contributed by atoms with Gasteiger partial charge >= 0.3 is 0 Å². The molecule has 1 aliphatic carbocycles. The van der Waals surface area contributed by atoms with Crippen LogP contribution < -0.4 is 0 Å². The number of hydrogen-bond acceptors (Lipinski definition) is 1. The molecular weight excluding hydrogens is 256 g/mol. The van der Waals surface area contributed by atoms with Crippen LogP contribution in [-0.2, 0) is 6.42 Å². The van der Waals surface area contributed by atoms with Crippen molar-refractivity contribution in [3.63, 3.8) is 0 Å². The van der Waals surface area contributed by atoms with Gasteiger partial charge < -0.3 is 0 Å². The van der Waals surface area contributed by atoms with E-state index >= 15 is 0 Å². The maximum Gasteiger partial charge on any atom is 0.138 e. The van der Waals surface area contributed by atoms with Crippen LogP contribution in [-0.4, -0.2) is 9.38 Å². The topological polar surface area (TPSA) is 17.3 Å². The van der Waals surface area contributed by atoms with E-state index in [1.165, 1.54) is 28.1 Å². The van der Waals surface area contributed by atoms with Crippen molar-refractivity contribution in [3.8, 4) is 11.3 Å². The lowest BCUT2D eigenvalue weighted by molar-refractivity contribution is 1.09. The average molecular weight is 269 g/mol. The van der Waals surface area contributed by atoms with E-state index in [2.05, 4.69) is 42.5 Å². The first-order valence-electron chi connectivity index (χ1n) is 6.41. The molecule has 19 heavy (non-hydrogen) atoms. The van der Waals surface area contributed by atoms with E-state index in [0.717, 1.165) is 22.8 Å². The monoisotopic (exact) mass is 268 g/mol. The lowest BCUT2D eigenvalue weighted by Gasteiger charge is -2.07. The zero-order valence-corrected chi connectivity index (χ0v) is 11.6. The van der Waals surface area contributed by atoms with Crippen LogP contribution in [0.1, 0.15) is 22.5 Å². The van der Waals surface area contributed by atoms with Gasteiger partial charge in [-0.1, -0.05) is 17.7 Å². The molecule has 0 unspecified atom stereocenters. The van der Waals surface area contributed by atoms with E-state index in [0.29, 0.717) is 0 Å².